The van der Waals surface area contributed by atoms with Crippen molar-refractivity contribution in [1.29, 1.82) is 0 Å². The Balaban J connectivity index is 1.32. The van der Waals surface area contributed by atoms with Crippen molar-refractivity contribution in [3.8, 4) is 17.2 Å². The second-order valence-corrected chi connectivity index (χ2v) is 11.3. The monoisotopic (exact) mass is 633 g/mol. The normalized spacial score (nSPS) is 12.6. The van der Waals surface area contributed by atoms with Crippen molar-refractivity contribution >= 4 is 23.4 Å². The van der Waals surface area contributed by atoms with Crippen LogP contribution in [0.2, 0.25) is 0 Å². The fraction of sp³-hybridized carbons (Fsp3) is 0.281. The number of ether oxygens (including phenoxy) is 1. The molecule has 0 saturated heterocycles. The zero-order chi connectivity index (χ0) is 33.0. The number of halogens is 2. The van der Waals surface area contributed by atoms with Crippen LogP contribution in [0.1, 0.15) is 23.2 Å². The maximum Gasteiger partial charge on any atom is 0.335 e. The standard InChI is InChI=1S/C32H33F2N7O5/c1-38(2)14-15-39(3)31(44)37-28-17-24(12-13-35-28)46-27-11-8-22(16-26(27)34)36-29(42)25-19-40(18-20-4-5-20)32(45)41(30(25)43)23-9-6-21(33)7-10-23/h6-13,16-17,19-20H,4-5,14-15,18H2,1-3H3,(H,36,42)(H,35,37,44). The second-order valence-electron chi connectivity index (χ2n) is 11.3. The summed E-state index contributed by atoms with van der Waals surface area (Å²) in [5.41, 5.74) is -1.75. The van der Waals surface area contributed by atoms with E-state index in [2.05, 4.69) is 15.6 Å². The highest BCUT2D eigenvalue weighted by Crippen LogP contribution is 2.30. The maximum atomic E-state index is 15.1. The molecule has 0 atom stereocenters. The van der Waals surface area contributed by atoms with Gasteiger partial charge in [0.25, 0.3) is 11.5 Å². The number of nitrogens with zero attached hydrogens (tertiary/aromatic N) is 5. The molecule has 2 aromatic heterocycles. The minimum absolute atomic E-state index is 0.0333. The molecular formula is C32H33F2N7O5. The van der Waals surface area contributed by atoms with E-state index >= 15 is 4.39 Å². The number of carbonyl (C=O) groups is 2. The van der Waals surface area contributed by atoms with E-state index in [0.29, 0.717) is 19.6 Å². The molecule has 14 heteroatoms. The number of aromatic nitrogens is 3. The van der Waals surface area contributed by atoms with Crippen LogP contribution in [0.3, 0.4) is 0 Å². The molecular weight excluding hydrogens is 600 g/mol. The molecule has 0 spiro atoms. The summed E-state index contributed by atoms with van der Waals surface area (Å²) in [7, 11) is 5.46. The molecule has 0 aliphatic heterocycles. The van der Waals surface area contributed by atoms with Crippen LogP contribution < -0.4 is 26.6 Å². The first kappa shape index (κ1) is 32.0. The lowest BCUT2D eigenvalue weighted by molar-refractivity contribution is 0.102. The zero-order valence-corrected chi connectivity index (χ0v) is 25.5. The van der Waals surface area contributed by atoms with Gasteiger partial charge in [-0.2, -0.15) is 0 Å². The third kappa shape index (κ3) is 7.82. The third-order valence-electron chi connectivity index (χ3n) is 7.25. The van der Waals surface area contributed by atoms with E-state index in [1.807, 2.05) is 19.0 Å². The second kappa shape index (κ2) is 13.7. The van der Waals surface area contributed by atoms with Crippen molar-refractivity contribution < 1.29 is 23.1 Å². The van der Waals surface area contributed by atoms with Gasteiger partial charge in [-0.25, -0.2) is 27.9 Å². The maximum absolute atomic E-state index is 15.1. The van der Waals surface area contributed by atoms with Crippen molar-refractivity contribution in [3.05, 3.63) is 105 Å². The summed E-state index contributed by atoms with van der Waals surface area (Å²) in [4.78, 5) is 59.8. The Hall–Kier alpha value is -5.37. The first-order chi connectivity index (χ1) is 22.0. The van der Waals surface area contributed by atoms with Crippen LogP contribution >= 0.6 is 0 Å². The average molecular weight is 634 g/mol. The number of urea groups is 1. The van der Waals surface area contributed by atoms with E-state index in [9.17, 15) is 23.6 Å². The van der Waals surface area contributed by atoms with Crippen molar-refractivity contribution in [3.63, 3.8) is 0 Å². The van der Waals surface area contributed by atoms with Gasteiger partial charge >= 0.3 is 11.7 Å². The van der Waals surface area contributed by atoms with Crippen molar-refractivity contribution in [2.75, 3.05) is 44.9 Å². The molecule has 5 rings (SSSR count). The van der Waals surface area contributed by atoms with Gasteiger partial charge in [-0.3, -0.25) is 19.5 Å². The highest BCUT2D eigenvalue weighted by atomic mass is 19.1. The number of anilines is 2. The molecule has 12 nitrogen and oxygen atoms in total. The van der Waals surface area contributed by atoms with Gasteiger partial charge < -0.3 is 19.9 Å². The molecule has 0 unspecified atom stereocenters. The Morgan fingerprint density at radius 2 is 1.72 bits per heavy atom. The summed E-state index contributed by atoms with van der Waals surface area (Å²) in [6, 6.07) is 11.0. The first-order valence-corrected chi connectivity index (χ1v) is 14.5. The summed E-state index contributed by atoms with van der Waals surface area (Å²) in [6.07, 6.45) is 4.44. The Kier molecular flexibility index (Phi) is 9.56. The predicted molar refractivity (Wildman–Crippen MR) is 168 cm³/mol. The third-order valence-corrected chi connectivity index (χ3v) is 7.25. The molecule has 1 saturated carbocycles. The Labute approximate surface area is 262 Å². The van der Waals surface area contributed by atoms with Crippen LogP contribution in [-0.4, -0.2) is 70.1 Å². The quantitative estimate of drug-likeness (QED) is 0.254. The Morgan fingerprint density at radius 3 is 2.39 bits per heavy atom. The highest BCUT2D eigenvalue weighted by Gasteiger charge is 2.25. The molecule has 4 aromatic rings. The topological polar surface area (TPSA) is 131 Å². The lowest BCUT2D eigenvalue weighted by atomic mass is 10.2. The molecule has 0 bridgehead atoms. The van der Waals surface area contributed by atoms with Gasteiger partial charge in [-0.15, -0.1) is 0 Å². The number of nitrogens with one attached hydrogen (secondary N) is 2. The smallest absolute Gasteiger partial charge is 0.335 e. The minimum atomic E-state index is -0.897. The average Bonchev–Trinajstić information content (AvgIpc) is 3.84. The molecule has 2 heterocycles. The fourth-order valence-electron chi connectivity index (χ4n) is 4.47. The van der Waals surface area contributed by atoms with Crippen LogP contribution in [0.25, 0.3) is 5.69 Å². The van der Waals surface area contributed by atoms with Gasteiger partial charge in [0.1, 0.15) is 22.9 Å². The van der Waals surface area contributed by atoms with Crippen molar-refractivity contribution in [2.24, 2.45) is 5.92 Å². The number of carbonyl (C=O) groups excluding carboxylic acids is 2. The SMILES string of the molecule is CN(C)CCN(C)C(=O)Nc1cc(Oc2ccc(NC(=O)c3cn(CC4CC4)c(=O)n(-c4ccc(F)cc4)c3=O)cc2F)ccn1. The summed E-state index contributed by atoms with van der Waals surface area (Å²) in [6.45, 7) is 1.49. The van der Waals surface area contributed by atoms with Gasteiger partial charge in [-0.1, -0.05) is 0 Å². The van der Waals surface area contributed by atoms with Gasteiger partial charge in [0, 0.05) is 56.9 Å². The van der Waals surface area contributed by atoms with Crippen LogP contribution in [-0.2, 0) is 6.54 Å². The molecule has 46 heavy (non-hydrogen) atoms. The van der Waals surface area contributed by atoms with E-state index < -0.39 is 28.8 Å². The van der Waals surface area contributed by atoms with Gasteiger partial charge in [0.05, 0.1) is 5.69 Å². The van der Waals surface area contributed by atoms with E-state index in [1.54, 1.807) is 7.05 Å². The molecule has 1 aliphatic rings. The summed E-state index contributed by atoms with van der Waals surface area (Å²) in [5.74, 6) is -1.73. The largest absolute Gasteiger partial charge is 0.454 e. The first-order valence-electron chi connectivity index (χ1n) is 14.5. The van der Waals surface area contributed by atoms with E-state index in [-0.39, 0.29) is 46.2 Å². The van der Waals surface area contributed by atoms with Crippen LogP contribution in [0.4, 0.5) is 25.1 Å². The zero-order valence-electron chi connectivity index (χ0n) is 25.5. The summed E-state index contributed by atoms with van der Waals surface area (Å²) < 4.78 is 36.4. The highest BCUT2D eigenvalue weighted by molar-refractivity contribution is 6.03. The number of amides is 3. The van der Waals surface area contributed by atoms with Gasteiger partial charge in [0.2, 0.25) is 0 Å². The lowest BCUT2D eigenvalue weighted by Crippen LogP contribution is -2.42. The van der Waals surface area contributed by atoms with E-state index in [1.165, 1.54) is 58.3 Å². The van der Waals surface area contributed by atoms with Crippen molar-refractivity contribution in [1.82, 2.24) is 23.9 Å². The summed E-state index contributed by atoms with van der Waals surface area (Å²) in [5, 5.41) is 5.17. The Bertz CT molecular complexity index is 1870. The Morgan fingerprint density at radius 1 is 0.978 bits per heavy atom. The van der Waals surface area contributed by atoms with Gasteiger partial charge in [0.15, 0.2) is 11.6 Å². The predicted octanol–water partition coefficient (Wildman–Crippen LogP) is 4.15. The van der Waals surface area contributed by atoms with Gasteiger partial charge in [-0.05, 0) is 75.3 Å². The molecule has 0 radical (unpaired) electrons. The number of pyridine rings is 1. The minimum Gasteiger partial charge on any atom is -0.454 e. The number of benzene rings is 2. The number of rotatable bonds is 11. The number of hydrogen-bond acceptors (Lipinski definition) is 7. The molecule has 240 valence electrons. The fourth-order valence-corrected chi connectivity index (χ4v) is 4.47. The van der Waals surface area contributed by atoms with Crippen molar-refractivity contribution in [2.45, 2.75) is 19.4 Å². The van der Waals surface area contributed by atoms with E-state index in [0.717, 1.165) is 35.6 Å². The molecule has 2 aromatic carbocycles. The van der Waals surface area contributed by atoms with E-state index in [4.69, 9.17) is 4.74 Å². The number of hydrogen-bond donors (Lipinski definition) is 2. The lowest BCUT2D eigenvalue weighted by Gasteiger charge is -2.20. The molecule has 2 N–H and O–H groups in total. The van der Waals surface area contributed by atoms with Crippen LogP contribution in [0.5, 0.6) is 11.5 Å². The van der Waals surface area contributed by atoms with Crippen LogP contribution in [0, 0.1) is 17.6 Å². The summed E-state index contributed by atoms with van der Waals surface area (Å²) >= 11 is 0. The van der Waals surface area contributed by atoms with Crippen LogP contribution in [0.15, 0.2) is 76.6 Å². The molecule has 1 fully saturated rings. The number of likely N-dealkylation sites (N-methyl/N-ethyl adjacent to an activating group) is 2. The molecule has 1 aliphatic carbocycles. The molecule has 3 amide bonds.